The summed E-state index contributed by atoms with van der Waals surface area (Å²) in [5.74, 6) is -0.244. The average molecular weight is 464 g/mol. The minimum Gasteiger partial charge on any atom is -0.348 e. The molecular weight excluding hydrogens is 442 g/mol. The molecule has 32 heavy (non-hydrogen) atoms. The smallest absolute Gasteiger partial charge is 0.261 e. The van der Waals surface area contributed by atoms with Crippen molar-refractivity contribution in [3.05, 3.63) is 100 Å². The van der Waals surface area contributed by atoms with Gasteiger partial charge in [0.05, 0.1) is 10.6 Å². The second kappa shape index (κ2) is 9.33. The van der Waals surface area contributed by atoms with E-state index in [0.29, 0.717) is 17.8 Å². The number of hydrogen-bond acceptors (Lipinski definition) is 5. The van der Waals surface area contributed by atoms with Crippen LogP contribution in [0.2, 0.25) is 0 Å². The van der Waals surface area contributed by atoms with E-state index in [1.807, 2.05) is 41.9 Å². The molecule has 162 valence electrons. The molecule has 0 unspecified atom stereocenters. The van der Waals surface area contributed by atoms with Crippen molar-refractivity contribution in [2.45, 2.75) is 18.4 Å². The number of amides is 1. The van der Waals surface area contributed by atoms with E-state index in [4.69, 9.17) is 0 Å². The third-order valence-electron chi connectivity index (χ3n) is 4.79. The number of sulfonamides is 1. The first kappa shape index (κ1) is 21.7. The van der Waals surface area contributed by atoms with Crippen LogP contribution >= 0.6 is 11.3 Å². The molecule has 8 heteroatoms. The van der Waals surface area contributed by atoms with Gasteiger partial charge in [0.25, 0.3) is 15.9 Å². The predicted octanol–water partition coefficient (Wildman–Crippen LogP) is 4.85. The lowest BCUT2D eigenvalue weighted by Gasteiger charge is -2.10. The van der Waals surface area contributed by atoms with E-state index in [2.05, 4.69) is 15.0 Å². The average Bonchev–Trinajstić information content (AvgIpc) is 3.33. The fourth-order valence-electron chi connectivity index (χ4n) is 3.12. The van der Waals surface area contributed by atoms with Crippen molar-refractivity contribution in [3.8, 4) is 11.3 Å². The standard InChI is InChI=1S/C24H21N3O3S2/c1-17-3-2-4-22(13-17)32(29,30)27-21-7-5-19(6-8-21)24(28)26-15-18-9-11-25-23(14-18)20-10-12-31-16-20/h2-14,16,27H,15H2,1H3,(H,26,28). The molecule has 0 bridgehead atoms. The number of nitrogens with zero attached hydrogens (tertiary/aromatic N) is 1. The Balaban J connectivity index is 1.39. The lowest BCUT2D eigenvalue weighted by molar-refractivity contribution is 0.0951. The number of pyridine rings is 1. The van der Waals surface area contributed by atoms with E-state index in [1.165, 1.54) is 0 Å². The molecule has 0 aliphatic rings. The number of aromatic nitrogens is 1. The quantitative estimate of drug-likeness (QED) is 0.410. The highest BCUT2D eigenvalue weighted by molar-refractivity contribution is 7.92. The molecule has 4 rings (SSSR count). The molecule has 0 atom stereocenters. The Labute approximate surface area is 191 Å². The van der Waals surface area contributed by atoms with Crippen molar-refractivity contribution >= 4 is 33.0 Å². The van der Waals surface area contributed by atoms with Crippen molar-refractivity contribution in [2.75, 3.05) is 4.72 Å². The summed E-state index contributed by atoms with van der Waals surface area (Å²) < 4.78 is 27.6. The highest BCUT2D eigenvalue weighted by atomic mass is 32.2. The molecule has 4 aromatic rings. The molecule has 0 saturated carbocycles. The van der Waals surface area contributed by atoms with Crippen molar-refractivity contribution in [1.29, 1.82) is 0 Å². The molecule has 2 heterocycles. The molecule has 2 aromatic carbocycles. The maximum atomic E-state index is 12.5. The molecule has 0 spiro atoms. The highest BCUT2D eigenvalue weighted by Gasteiger charge is 2.14. The summed E-state index contributed by atoms with van der Waals surface area (Å²) in [4.78, 5) is 17.1. The number of thiophene rings is 1. The van der Waals surface area contributed by atoms with Crippen LogP contribution in [0.4, 0.5) is 5.69 Å². The Bertz CT molecular complexity index is 1330. The molecule has 2 aromatic heterocycles. The summed E-state index contributed by atoms with van der Waals surface area (Å²) in [7, 11) is -3.69. The van der Waals surface area contributed by atoms with Gasteiger partial charge in [-0.1, -0.05) is 12.1 Å². The summed E-state index contributed by atoms with van der Waals surface area (Å²) in [5.41, 5.74) is 4.54. The zero-order valence-electron chi connectivity index (χ0n) is 17.3. The number of nitrogens with one attached hydrogen (secondary N) is 2. The van der Waals surface area contributed by atoms with Crippen LogP contribution in [0.5, 0.6) is 0 Å². The number of aryl methyl sites for hydroxylation is 1. The molecule has 0 saturated heterocycles. The largest absolute Gasteiger partial charge is 0.348 e. The Kier molecular flexibility index (Phi) is 6.34. The Hall–Kier alpha value is -3.49. The fourth-order valence-corrected chi connectivity index (χ4v) is 4.94. The second-order valence-electron chi connectivity index (χ2n) is 7.24. The van der Waals surface area contributed by atoms with Crippen LogP contribution in [-0.2, 0) is 16.6 Å². The van der Waals surface area contributed by atoms with Gasteiger partial charge in [-0.05, 0) is 78.0 Å². The zero-order valence-corrected chi connectivity index (χ0v) is 18.9. The Morgan fingerprint density at radius 1 is 1.03 bits per heavy atom. The molecule has 0 radical (unpaired) electrons. The van der Waals surface area contributed by atoms with E-state index in [1.54, 1.807) is 60.0 Å². The first-order valence-corrected chi connectivity index (χ1v) is 12.3. The summed E-state index contributed by atoms with van der Waals surface area (Å²) in [5, 5.41) is 6.91. The SMILES string of the molecule is Cc1cccc(S(=O)(=O)Nc2ccc(C(=O)NCc3ccnc(-c4ccsc4)c3)cc2)c1. The van der Waals surface area contributed by atoms with Crippen LogP contribution in [-0.4, -0.2) is 19.3 Å². The maximum absolute atomic E-state index is 12.5. The van der Waals surface area contributed by atoms with E-state index >= 15 is 0 Å². The summed E-state index contributed by atoms with van der Waals surface area (Å²) in [6.45, 7) is 2.20. The molecule has 0 aliphatic carbocycles. The van der Waals surface area contributed by atoms with Gasteiger partial charge in [-0.15, -0.1) is 0 Å². The Morgan fingerprint density at radius 3 is 2.56 bits per heavy atom. The lowest BCUT2D eigenvalue weighted by Crippen LogP contribution is -2.22. The molecule has 0 fully saturated rings. The van der Waals surface area contributed by atoms with Gasteiger partial charge in [-0.25, -0.2) is 8.42 Å². The third kappa shape index (κ3) is 5.22. The van der Waals surface area contributed by atoms with Crippen molar-refractivity contribution in [1.82, 2.24) is 10.3 Å². The summed E-state index contributed by atoms with van der Waals surface area (Å²) in [6.07, 6.45) is 1.73. The number of rotatable bonds is 7. The van der Waals surface area contributed by atoms with Gasteiger partial charge in [0.2, 0.25) is 0 Å². The summed E-state index contributed by atoms with van der Waals surface area (Å²) in [6, 6.07) is 18.8. The van der Waals surface area contributed by atoms with E-state index in [0.717, 1.165) is 22.4 Å². The van der Waals surface area contributed by atoms with E-state index in [9.17, 15) is 13.2 Å². The van der Waals surface area contributed by atoms with E-state index in [-0.39, 0.29) is 10.8 Å². The van der Waals surface area contributed by atoms with Gasteiger partial charge in [0, 0.05) is 34.9 Å². The van der Waals surface area contributed by atoms with Gasteiger partial charge in [-0.3, -0.25) is 14.5 Å². The molecule has 2 N–H and O–H groups in total. The van der Waals surface area contributed by atoms with Crippen LogP contribution in [0.1, 0.15) is 21.5 Å². The number of carbonyl (C=O) groups excluding carboxylic acids is 1. The third-order valence-corrected chi connectivity index (χ3v) is 6.86. The first-order chi connectivity index (χ1) is 15.4. The van der Waals surface area contributed by atoms with Crippen molar-refractivity contribution in [2.24, 2.45) is 0 Å². The van der Waals surface area contributed by atoms with Gasteiger partial charge < -0.3 is 5.32 Å². The van der Waals surface area contributed by atoms with Gasteiger partial charge in [0.1, 0.15) is 0 Å². The molecule has 1 amide bonds. The molecule has 6 nitrogen and oxygen atoms in total. The second-order valence-corrected chi connectivity index (χ2v) is 9.71. The minimum atomic E-state index is -3.69. The molecule has 0 aliphatic heterocycles. The van der Waals surface area contributed by atoms with Crippen LogP contribution in [0.3, 0.4) is 0 Å². The van der Waals surface area contributed by atoms with Crippen LogP contribution in [0.25, 0.3) is 11.3 Å². The number of benzene rings is 2. The summed E-state index contributed by atoms with van der Waals surface area (Å²) >= 11 is 1.61. The maximum Gasteiger partial charge on any atom is 0.261 e. The lowest BCUT2D eigenvalue weighted by atomic mass is 10.1. The number of hydrogen-bond donors (Lipinski definition) is 2. The van der Waals surface area contributed by atoms with E-state index < -0.39 is 10.0 Å². The first-order valence-electron chi connectivity index (χ1n) is 9.86. The number of anilines is 1. The minimum absolute atomic E-state index is 0.193. The van der Waals surface area contributed by atoms with Gasteiger partial charge >= 0.3 is 0 Å². The number of carbonyl (C=O) groups is 1. The monoisotopic (exact) mass is 463 g/mol. The van der Waals surface area contributed by atoms with Crippen molar-refractivity contribution < 1.29 is 13.2 Å². The Morgan fingerprint density at radius 2 is 1.84 bits per heavy atom. The highest BCUT2D eigenvalue weighted by Crippen LogP contribution is 2.21. The van der Waals surface area contributed by atoms with Crippen LogP contribution < -0.4 is 10.0 Å². The predicted molar refractivity (Wildman–Crippen MR) is 127 cm³/mol. The normalized spacial score (nSPS) is 11.2. The van der Waals surface area contributed by atoms with Crippen molar-refractivity contribution in [3.63, 3.8) is 0 Å². The fraction of sp³-hybridized carbons (Fsp3) is 0.0833. The van der Waals surface area contributed by atoms with Crippen LogP contribution in [0.15, 0.2) is 88.6 Å². The van der Waals surface area contributed by atoms with Crippen LogP contribution in [0, 0.1) is 6.92 Å². The molecular formula is C24H21N3O3S2. The zero-order chi connectivity index (χ0) is 22.6. The van der Waals surface area contributed by atoms with Gasteiger partial charge in [-0.2, -0.15) is 11.3 Å². The topological polar surface area (TPSA) is 88.2 Å². The van der Waals surface area contributed by atoms with Gasteiger partial charge in [0.15, 0.2) is 0 Å².